The smallest absolute Gasteiger partial charge is 0.137 e. The number of Topliss-reactive ketones (excluding diaryl/α,β-unsaturated/α-hetero) is 1. The highest BCUT2D eigenvalue weighted by atomic mass is 16.6. The normalized spacial score (nSPS) is 33.8. The monoisotopic (exact) mass is 255 g/mol. The molecule has 0 aliphatic carbocycles. The van der Waals surface area contributed by atoms with E-state index >= 15 is 0 Å². The Bertz CT molecular complexity index is 287. The van der Waals surface area contributed by atoms with Crippen LogP contribution < -0.4 is 5.32 Å². The molecule has 0 aromatic rings. The minimum Gasteiger partial charge on any atom is -0.378 e. The van der Waals surface area contributed by atoms with E-state index in [0.29, 0.717) is 25.4 Å². The van der Waals surface area contributed by atoms with Crippen LogP contribution in [0.3, 0.4) is 0 Å². The summed E-state index contributed by atoms with van der Waals surface area (Å²) < 4.78 is 11.3. The SMILES string of the molecule is CCNC(C)CC(=O)C1CCOC2(CCOC2)C1. The average molecular weight is 255 g/mol. The Balaban J connectivity index is 1.86. The fourth-order valence-corrected chi connectivity index (χ4v) is 3.05. The van der Waals surface area contributed by atoms with Crippen LogP contribution in [0, 0.1) is 5.92 Å². The quantitative estimate of drug-likeness (QED) is 0.809. The van der Waals surface area contributed by atoms with Crippen LogP contribution in [-0.2, 0) is 14.3 Å². The largest absolute Gasteiger partial charge is 0.378 e. The van der Waals surface area contributed by atoms with Gasteiger partial charge in [-0.25, -0.2) is 0 Å². The fraction of sp³-hybridized carbons (Fsp3) is 0.929. The van der Waals surface area contributed by atoms with E-state index in [1.54, 1.807) is 0 Å². The number of ether oxygens (including phenoxy) is 2. The molecule has 4 heteroatoms. The van der Waals surface area contributed by atoms with Crippen molar-refractivity contribution >= 4 is 5.78 Å². The molecule has 2 rings (SSSR count). The number of hydrogen-bond acceptors (Lipinski definition) is 4. The molecule has 0 saturated carbocycles. The van der Waals surface area contributed by atoms with Gasteiger partial charge in [0, 0.05) is 38.0 Å². The molecule has 18 heavy (non-hydrogen) atoms. The number of rotatable bonds is 5. The van der Waals surface area contributed by atoms with Crippen molar-refractivity contribution in [3.63, 3.8) is 0 Å². The predicted octanol–water partition coefficient (Wildman–Crippen LogP) is 1.53. The maximum atomic E-state index is 12.3. The highest BCUT2D eigenvalue weighted by Crippen LogP contribution is 2.36. The molecule has 0 radical (unpaired) electrons. The first-order valence-corrected chi connectivity index (χ1v) is 7.13. The summed E-state index contributed by atoms with van der Waals surface area (Å²) in [4.78, 5) is 12.3. The van der Waals surface area contributed by atoms with E-state index in [9.17, 15) is 4.79 Å². The molecule has 1 spiro atoms. The number of carbonyl (C=O) groups excluding carboxylic acids is 1. The summed E-state index contributed by atoms with van der Waals surface area (Å²) in [6.07, 6.45) is 3.30. The predicted molar refractivity (Wildman–Crippen MR) is 69.6 cm³/mol. The van der Waals surface area contributed by atoms with Crippen LogP contribution in [0.15, 0.2) is 0 Å². The maximum Gasteiger partial charge on any atom is 0.137 e. The van der Waals surface area contributed by atoms with Gasteiger partial charge in [-0.15, -0.1) is 0 Å². The van der Waals surface area contributed by atoms with E-state index in [0.717, 1.165) is 32.4 Å². The van der Waals surface area contributed by atoms with Gasteiger partial charge in [0.15, 0.2) is 0 Å². The van der Waals surface area contributed by atoms with Crippen LogP contribution >= 0.6 is 0 Å². The molecule has 2 heterocycles. The van der Waals surface area contributed by atoms with Crippen LogP contribution in [-0.4, -0.2) is 43.8 Å². The van der Waals surface area contributed by atoms with Gasteiger partial charge in [0.25, 0.3) is 0 Å². The summed E-state index contributed by atoms with van der Waals surface area (Å²) >= 11 is 0. The van der Waals surface area contributed by atoms with Crippen LogP contribution in [0.2, 0.25) is 0 Å². The summed E-state index contributed by atoms with van der Waals surface area (Å²) in [6, 6.07) is 0.279. The van der Waals surface area contributed by atoms with Crippen molar-refractivity contribution in [3.8, 4) is 0 Å². The minimum absolute atomic E-state index is 0.153. The molecule has 104 valence electrons. The third kappa shape index (κ3) is 3.31. The summed E-state index contributed by atoms with van der Waals surface area (Å²) in [5.74, 6) is 0.555. The number of ketones is 1. The second-order valence-corrected chi connectivity index (χ2v) is 5.65. The molecule has 2 saturated heterocycles. The second kappa shape index (κ2) is 6.13. The first-order chi connectivity index (χ1) is 8.65. The molecule has 2 fully saturated rings. The summed E-state index contributed by atoms with van der Waals surface area (Å²) in [6.45, 7) is 7.21. The summed E-state index contributed by atoms with van der Waals surface area (Å²) in [5, 5.41) is 3.30. The Morgan fingerprint density at radius 2 is 2.33 bits per heavy atom. The van der Waals surface area contributed by atoms with Gasteiger partial charge in [-0.2, -0.15) is 0 Å². The molecule has 2 aliphatic rings. The van der Waals surface area contributed by atoms with Crippen molar-refractivity contribution in [3.05, 3.63) is 0 Å². The van der Waals surface area contributed by atoms with Crippen molar-refractivity contribution in [1.29, 1.82) is 0 Å². The first-order valence-electron chi connectivity index (χ1n) is 7.13. The molecule has 0 aromatic heterocycles. The molecule has 3 unspecified atom stereocenters. The molecule has 2 aliphatic heterocycles. The molecule has 1 N–H and O–H groups in total. The molecule has 0 aromatic carbocycles. The van der Waals surface area contributed by atoms with Gasteiger partial charge in [0.2, 0.25) is 0 Å². The standard InChI is InChI=1S/C14H25NO3/c1-3-15-11(2)8-13(16)12-4-6-18-14(9-12)5-7-17-10-14/h11-12,15H,3-10H2,1-2H3. The van der Waals surface area contributed by atoms with E-state index in [-0.39, 0.29) is 17.6 Å². The fourth-order valence-electron chi connectivity index (χ4n) is 3.05. The zero-order valence-corrected chi connectivity index (χ0v) is 11.5. The lowest BCUT2D eigenvalue weighted by atomic mass is 9.81. The van der Waals surface area contributed by atoms with Crippen molar-refractivity contribution in [2.75, 3.05) is 26.4 Å². The Kier molecular flexibility index (Phi) is 4.76. The van der Waals surface area contributed by atoms with Gasteiger partial charge in [-0.3, -0.25) is 4.79 Å². The number of hydrogen-bond donors (Lipinski definition) is 1. The van der Waals surface area contributed by atoms with Gasteiger partial charge < -0.3 is 14.8 Å². The van der Waals surface area contributed by atoms with Crippen molar-refractivity contribution < 1.29 is 14.3 Å². The topological polar surface area (TPSA) is 47.6 Å². The summed E-state index contributed by atoms with van der Waals surface area (Å²) in [5.41, 5.74) is -0.153. The Morgan fingerprint density at radius 3 is 3.00 bits per heavy atom. The van der Waals surface area contributed by atoms with Gasteiger partial charge in [0.1, 0.15) is 5.78 Å². The van der Waals surface area contributed by atoms with Gasteiger partial charge in [-0.1, -0.05) is 6.92 Å². The highest BCUT2D eigenvalue weighted by Gasteiger charge is 2.42. The molecule has 4 nitrogen and oxygen atoms in total. The Labute approximate surface area is 109 Å². The lowest BCUT2D eigenvalue weighted by molar-refractivity contribution is -0.137. The minimum atomic E-state index is -0.153. The molecule has 0 amide bonds. The number of carbonyl (C=O) groups is 1. The van der Waals surface area contributed by atoms with Crippen LogP contribution in [0.25, 0.3) is 0 Å². The second-order valence-electron chi connectivity index (χ2n) is 5.65. The molecule has 3 atom stereocenters. The van der Waals surface area contributed by atoms with E-state index < -0.39 is 0 Å². The first kappa shape index (κ1) is 14.0. The maximum absolute atomic E-state index is 12.3. The summed E-state index contributed by atoms with van der Waals surface area (Å²) in [7, 11) is 0. The number of nitrogens with one attached hydrogen (secondary N) is 1. The van der Waals surface area contributed by atoms with Gasteiger partial charge >= 0.3 is 0 Å². The zero-order chi connectivity index (χ0) is 13.0. The van der Waals surface area contributed by atoms with Crippen LogP contribution in [0.4, 0.5) is 0 Å². The molecular formula is C14H25NO3. The van der Waals surface area contributed by atoms with Crippen molar-refractivity contribution in [2.24, 2.45) is 5.92 Å². The van der Waals surface area contributed by atoms with E-state index in [2.05, 4.69) is 19.2 Å². The van der Waals surface area contributed by atoms with Gasteiger partial charge in [-0.05, 0) is 26.3 Å². The lowest BCUT2D eigenvalue weighted by Gasteiger charge is -2.36. The van der Waals surface area contributed by atoms with Gasteiger partial charge in [0.05, 0.1) is 12.2 Å². The molecular weight excluding hydrogens is 230 g/mol. The highest BCUT2D eigenvalue weighted by molar-refractivity contribution is 5.81. The van der Waals surface area contributed by atoms with E-state index in [1.807, 2.05) is 0 Å². The zero-order valence-electron chi connectivity index (χ0n) is 11.5. The third-order valence-electron chi connectivity index (χ3n) is 4.08. The van der Waals surface area contributed by atoms with Crippen LogP contribution in [0.1, 0.15) is 39.5 Å². The van der Waals surface area contributed by atoms with Crippen molar-refractivity contribution in [1.82, 2.24) is 5.32 Å². The van der Waals surface area contributed by atoms with Crippen molar-refractivity contribution in [2.45, 2.75) is 51.2 Å². The molecule has 0 bridgehead atoms. The van der Waals surface area contributed by atoms with E-state index in [1.165, 1.54) is 0 Å². The third-order valence-corrected chi connectivity index (χ3v) is 4.08. The lowest BCUT2D eigenvalue weighted by Crippen LogP contribution is -2.43. The average Bonchev–Trinajstić information content (AvgIpc) is 2.77. The van der Waals surface area contributed by atoms with E-state index in [4.69, 9.17) is 9.47 Å². The Morgan fingerprint density at radius 1 is 1.50 bits per heavy atom. The van der Waals surface area contributed by atoms with Crippen LogP contribution in [0.5, 0.6) is 0 Å². The Hall–Kier alpha value is -0.450.